The Morgan fingerprint density at radius 1 is 1.50 bits per heavy atom. The number of likely N-dealkylation sites (tertiary alicyclic amines) is 1. The fraction of sp³-hybridized carbons (Fsp3) is 0.625. The molecule has 24 heavy (non-hydrogen) atoms. The highest BCUT2D eigenvalue weighted by Gasteiger charge is 2.22. The number of pyridine rings is 1. The molecule has 136 valence electrons. The molecule has 1 aromatic rings. The van der Waals surface area contributed by atoms with Crippen molar-refractivity contribution in [1.82, 2.24) is 15.2 Å². The summed E-state index contributed by atoms with van der Waals surface area (Å²) < 4.78 is 10.6. The van der Waals surface area contributed by atoms with Crippen molar-refractivity contribution in [2.75, 3.05) is 40.0 Å². The molecule has 0 unspecified atom stereocenters. The maximum atomic E-state index is 9.70. The van der Waals surface area contributed by atoms with Crippen LogP contribution in [-0.4, -0.2) is 67.0 Å². The van der Waals surface area contributed by atoms with Gasteiger partial charge in [0.1, 0.15) is 6.61 Å². The van der Waals surface area contributed by atoms with E-state index in [1.165, 1.54) is 0 Å². The number of hydrogen-bond acceptors (Lipinski definition) is 5. The SMILES string of the molecule is CCNC(=NCc1cccnc1OCCOC)N1CC[C@@H](O)C1.I. The summed E-state index contributed by atoms with van der Waals surface area (Å²) in [6.45, 7) is 5.72. The number of aliphatic imine (C=N–C) groups is 1. The lowest BCUT2D eigenvalue weighted by Gasteiger charge is -2.21. The first-order valence-electron chi connectivity index (χ1n) is 8.01. The van der Waals surface area contributed by atoms with Crippen LogP contribution in [0.3, 0.4) is 0 Å². The van der Waals surface area contributed by atoms with E-state index in [0.717, 1.165) is 31.0 Å². The normalized spacial score (nSPS) is 17.5. The topological polar surface area (TPSA) is 79.2 Å². The van der Waals surface area contributed by atoms with Gasteiger partial charge in [0.15, 0.2) is 5.96 Å². The number of nitrogens with zero attached hydrogens (tertiary/aromatic N) is 3. The molecular weight excluding hydrogens is 423 g/mol. The molecule has 1 saturated heterocycles. The average Bonchev–Trinajstić information content (AvgIpc) is 2.99. The molecule has 1 aliphatic rings. The zero-order chi connectivity index (χ0) is 16.5. The van der Waals surface area contributed by atoms with Gasteiger partial charge in [-0.15, -0.1) is 24.0 Å². The van der Waals surface area contributed by atoms with Gasteiger partial charge in [-0.1, -0.05) is 6.07 Å². The van der Waals surface area contributed by atoms with E-state index in [1.54, 1.807) is 13.3 Å². The number of ether oxygens (including phenoxy) is 2. The molecular formula is C16H27IN4O3. The standard InChI is InChI=1S/C16H26N4O3.HI/c1-3-17-16(20-8-6-14(21)12-20)19-11-13-5-4-7-18-15(13)23-10-9-22-2;/h4-5,7,14,21H,3,6,8-12H2,1-2H3,(H,17,19);1H/t14-;/m1./s1. The third-order valence-corrected chi connectivity index (χ3v) is 3.57. The van der Waals surface area contributed by atoms with E-state index in [-0.39, 0.29) is 30.1 Å². The van der Waals surface area contributed by atoms with E-state index in [0.29, 0.717) is 32.2 Å². The smallest absolute Gasteiger partial charge is 0.218 e. The summed E-state index contributed by atoms with van der Waals surface area (Å²) in [5, 5.41) is 13.0. The first kappa shape index (κ1) is 20.9. The zero-order valence-electron chi connectivity index (χ0n) is 14.3. The van der Waals surface area contributed by atoms with Crippen molar-refractivity contribution in [2.45, 2.75) is 26.0 Å². The summed E-state index contributed by atoms with van der Waals surface area (Å²) in [6.07, 6.45) is 2.21. The number of rotatable bonds is 7. The molecule has 0 radical (unpaired) electrons. The Balaban J connectivity index is 0.00000288. The molecule has 7 nitrogen and oxygen atoms in total. The molecule has 8 heteroatoms. The van der Waals surface area contributed by atoms with Crippen LogP contribution in [0.1, 0.15) is 18.9 Å². The molecule has 2 heterocycles. The number of β-amino-alcohol motifs (C(OH)–C–C–N with tert-alkyl or cyclic N) is 1. The maximum Gasteiger partial charge on any atom is 0.218 e. The second kappa shape index (κ2) is 11.4. The summed E-state index contributed by atoms with van der Waals surface area (Å²) in [6, 6.07) is 3.83. The molecule has 1 atom stereocenters. The largest absolute Gasteiger partial charge is 0.475 e. The molecule has 1 fully saturated rings. The number of hydrogen-bond donors (Lipinski definition) is 2. The lowest BCUT2D eigenvalue weighted by atomic mass is 10.3. The quantitative estimate of drug-likeness (QED) is 0.282. The number of aliphatic hydroxyl groups excluding tert-OH is 1. The average molecular weight is 450 g/mol. The molecule has 0 aliphatic carbocycles. The van der Waals surface area contributed by atoms with Crippen molar-refractivity contribution in [3.8, 4) is 5.88 Å². The van der Waals surface area contributed by atoms with Crippen LogP contribution in [0.4, 0.5) is 0 Å². The third-order valence-electron chi connectivity index (χ3n) is 3.57. The molecule has 0 aromatic carbocycles. The summed E-state index contributed by atoms with van der Waals surface area (Å²) in [7, 11) is 1.64. The highest BCUT2D eigenvalue weighted by molar-refractivity contribution is 14.0. The Labute approximate surface area is 160 Å². The van der Waals surface area contributed by atoms with E-state index in [2.05, 4.69) is 20.2 Å². The molecule has 2 N–H and O–H groups in total. The maximum absolute atomic E-state index is 9.70. The van der Waals surface area contributed by atoms with E-state index in [9.17, 15) is 5.11 Å². The van der Waals surface area contributed by atoms with E-state index in [4.69, 9.17) is 9.47 Å². The lowest BCUT2D eigenvalue weighted by molar-refractivity contribution is 0.143. The van der Waals surface area contributed by atoms with E-state index < -0.39 is 0 Å². The molecule has 0 amide bonds. The van der Waals surface area contributed by atoms with Gasteiger partial charge in [-0.3, -0.25) is 0 Å². The molecule has 0 bridgehead atoms. The third kappa shape index (κ3) is 6.40. The van der Waals surface area contributed by atoms with Gasteiger partial charge in [-0.25, -0.2) is 9.98 Å². The van der Waals surface area contributed by atoms with Gasteiger partial charge in [0.2, 0.25) is 5.88 Å². The molecule has 0 spiro atoms. The van der Waals surface area contributed by atoms with Crippen molar-refractivity contribution in [1.29, 1.82) is 0 Å². The summed E-state index contributed by atoms with van der Waals surface area (Å²) in [5.74, 6) is 1.40. The van der Waals surface area contributed by atoms with Gasteiger partial charge in [0, 0.05) is 38.5 Å². The van der Waals surface area contributed by atoms with Gasteiger partial charge < -0.3 is 24.8 Å². The number of aliphatic hydroxyl groups is 1. The minimum Gasteiger partial charge on any atom is -0.475 e. The van der Waals surface area contributed by atoms with Gasteiger partial charge in [0.05, 0.1) is 19.3 Å². The van der Waals surface area contributed by atoms with Crippen LogP contribution >= 0.6 is 24.0 Å². The fourth-order valence-corrected chi connectivity index (χ4v) is 2.42. The summed E-state index contributed by atoms with van der Waals surface area (Å²) in [4.78, 5) is 11.0. The monoisotopic (exact) mass is 450 g/mol. The predicted octanol–water partition coefficient (Wildman–Crippen LogP) is 1.26. The number of methoxy groups -OCH3 is 1. The van der Waals surface area contributed by atoms with Crippen molar-refractivity contribution in [3.63, 3.8) is 0 Å². The number of nitrogens with one attached hydrogen (secondary N) is 1. The summed E-state index contributed by atoms with van der Waals surface area (Å²) >= 11 is 0. The lowest BCUT2D eigenvalue weighted by Crippen LogP contribution is -2.40. The van der Waals surface area contributed by atoms with Crippen LogP contribution in [0.5, 0.6) is 5.88 Å². The van der Waals surface area contributed by atoms with Crippen molar-refractivity contribution in [3.05, 3.63) is 23.9 Å². The number of guanidine groups is 1. The van der Waals surface area contributed by atoms with Gasteiger partial charge in [0.25, 0.3) is 0 Å². The van der Waals surface area contributed by atoms with Crippen LogP contribution in [0, 0.1) is 0 Å². The molecule has 1 aliphatic heterocycles. The first-order valence-corrected chi connectivity index (χ1v) is 8.01. The van der Waals surface area contributed by atoms with Gasteiger partial charge in [-0.05, 0) is 19.4 Å². The van der Waals surface area contributed by atoms with Crippen molar-refractivity contribution in [2.24, 2.45) is 4.99 Å². The van der Waals surface area contributed by atoms with Crippen LogP contribution in [0.15, 0.2) is 23.3 Å². The Hall–Kier alpha value is -1.13. The fourth-order valence-electron chi connectivity index (χ4n) is 2.42. The van der Waals surface area contributed by atoms with Gasteiger partial charge in [-0.2, -0.15) is 0 Å². The highest BCUT2D eigenvalue weighted by Crippen LogP contribution is 2.16. The van der Waals surface area contributed by atoms with Gasteiger partial charge >= 0.3 is 0 Å². The Kier molecular flexibility index (Phi) is 9.96. The predicted molar refractivity (Wildman–Crippen MR) is 104 cm³/mol. The molecule has 1 aromatic heterocycles. The first-order chi connectivity index (χ1) is 11.2. The minimum atomic E-state index is -0.273. The van der Waals surface area contributed by atoms with Crippen molar-refractivity contribution >= 4 is 29.9 Å². The zero-order valence-corrected chi connectivity index (χ0v) is 16.6. The second-order valence-corrected chi connectivity index (χ2v) is 5.37. The van der Waals surface area contributed by atoms with Crippen LogP contribution in [0.2, 0.25) is 0 Å². The summed E-state index contributed by atoms with van der Waals surface area (Å²) in [5.41, 5.74) is 0.929. The molecule has 0 saturated carbocycles. The Morgan fingerprint density at radius 3 is 3.00 bits per heavy atom. The Morgan fingerprint density at radius 2 is 2.33 bits per heavy atom. The number of aromatic nitrogens is 1. The van der Waals surface area contributed by atoms with E-state index in [1.807, 2.05) is 19.1 Å². The highest BCUT2D eigenvalue weighted by atomic mass is 127. The van der Waals surface area contributed by atoms with E-state index >= 15 is 0 Å². The van der Waals surface area contributed by atoms with Crippen LogP contribution in [0.25, 0.3) is 0 Å². The van der Waals surface area contributed by atoms with Crippen molar-refractivity contribution < 1.29 is 14.6 Å². The second-order valence-electron chi connectivity index (χ2n) is 5.37. The van der Waals surface area contributed by atoms with Crippen LogP contribution < -0.4 is 10.1 Å². The minimum absolute atomic E-state index is 0. The Bertz CT molecular complexity index is 516. The number of halogens is 1. The van der Waals surface area contributed by atoms with Crippen LogP contribution in [-0.2, 0) is 11.3 Å². The molecule has 2 rings (SSSR count).